The molecule has 12 nitrogen and oxygen atoms in total. The van der Waals surface area contributed by atoms with Crippen LogP contribution >= 0.6 is 0 Å². The van der Waals surface area contributed by atoms with Crippen LogP contribution in [0.3, 0.4) is 0 Å². The van der Waals surface area contributed by atoms with E-state index in [0.717, 1.165) is 30.4 Å². The minimum absolute atomic E-state index is 0.0474. The Morgan fingerprint density at radius 2 is 1.43 bits per heavy atom. The summed E-state index contributed by atoms with van der Waals surface area (Å²) in [6.07, 6.45) is 5.20. The zero-order valence-corrected chi connectivity index (χ0v) is 31.8. The van der Waals surface area contributed by atoms with Gasteiger partial charge in [0.1, 0.15) is 23.2 Å². The number of carbonyl (C=O) groups excluding carboxylic acids is 4. The number of amides is 4. The molecule has 2 atom stereocenters. The third kappa shape index (κ3) is 11.5. The molecule has 1 aliphatic rings. The number of piperidine rings is 1. The van der Waals surface area contributed by atoms with Crippen molar-refractivity contribution in [3.63, 3.8) is 0 Å². The van der Waals surface area contributed by atoms with Crippen molar-refractivity contribution in [3.05, 3.63) is 120 Å². The SMILES string of the molecule is CC(C)(C)OC(=O)NC(C)(C)C(=O)NC(COCc1ccccc1)C(=O)Nc1cn(C(C(=O)N2CCC(Cc3ccccc3)CC2)c2ccccc2)cn1. The van der Waals surface area contributed by atoms with Crippen LogP contribution < -0.4 is 16.0 Å². The first-order valence-corrected chi connectivity index (χ1v) is 18.4. The molecule has 0 radical (unpaired) electrons. The summed E-state index contributed by atoms with van der Waals surface area (Å²) in [5, 5.41) is 8.09. The first kappa shape index (κ1) is 39.7. The van der Waals surface area contributed by atoms with Crippen molar-refractivity contribution < 1.29 is 28.7 Å². The summed E-state index contributed by atoms with van der Waals surface area (Å²) in [6.45, 7) is 9.54. The summed E-state index contributed by atoms with van der Waals surface area (Å²) < 4.78 is 12.9. The number of anilines is 1. The average molecular weight is 737 g/mol. The van der Waals surface area contributed by atoms with Gasteiger partial charge in [0.15, 0.2) is 5.82 Å². The molecule has 0 aliphatic carbocycles. The molecule has 1 fully saturated rings. The van der Waals surface area contributed by atoms with Crippen LogP contribution in [0.25, 0.3) is 0 Å². The highest BCUT2D eigenvalue weighted by molar-refractivity contribution is 5.98. The maximum atomic E-state index is 14.2. The highest BCUT2D eigenvalue weighted by atomic mass is 16.6. The van der Waals surface area contributed by atoms with Crippen LogP contribution in [0.4, 0.5) is 10.6 Å². The number of rotatable bonds is 14. The van der Waals surface area contributed by atoms with E-state index in [1.165, 1.54) is 25.7 Å². The maximum absolute atomic E-state index is 14.2. The molecule has 4 amide bonds. The van der Waals surface area contributed by atoms with E-state index in [1.54, 1.807) is 31.5 Å². The summed E-state index contributed by atoms with van der Waals surface area (Å²) in [7, 11) is 0. The molecule has 0 spiro atoms. The fourth-order valence-corrected chi connectivity index (χ4v) is 6.32. The molecule has 3 aromatic carbocycles. The van der Waals surface area contributed by atoms with E-state index < -0.39 is 41.1 Å². The van der Waals surface area contributed by atoms with Crippen molar-refractivity contribution >= 4 is 29.6 Å². The molecule has 2 heterocycles. The number of carbonyl (C=O) groups is 4. The zero-order chi connectivity index (χ0) is 38.7. The number of likely N-dealkylation sites (tertiary alicyclic amines) is 1. The lowest BCUT2D eigenvalue weighted by Crippen LogP contribution is -2.59. The molecule has 1 aromatic heterocycles. The topological polar surface area (TPSA) is 144 Å². The van der Waals surface area contributed by atoms with Gasteiger partial charge in [0.25, 0.3) is 5.91 Å². The van der Waals surface area contributed by atoms with Crippen LogP contribution in [0.5, 0.6) is 0 Å². The third-order valence-electron chi connectivity index (χ3n) is 9.19. The molecule has 0 saturated carbocycles. The van der Waals surface area contributed by atoms with Gasteiger partial charge in [-0.2, -0.15) is 0 Å². The normalized spacial score (nSPS) is 14.8. The maximum Gasteiger partial charge on any atom is 0.408 e. The van der Waals surface area contributed by atoms with Gasteiger partial charge in [0.2, 0.25) is 11.8 Å². The van der Waals surface area contributed by atoms with Gasteiger partial charge < -0.3 is 34.9 Å². The van der Waals surface area contributed by atoms with Crippen molar-refractivity contribution in [2.45, 2.75) is 83.7 Å². The Bertz CT molecular complexity index is 1830. The van der Waals surface area contributed by atoms with E-state index in [1.807, 2.05) is 71.6 Å². The van der Waals surface area contributed by atoms with E-state index in [0.29, 0.717) is 19.0 Å². The van der Waals surface area contributed by atoms with Crippen molar-refractivity contribution in [3.8, 4) is 0 Å². The van der Waals surface area contributed by atoms with Crippen molar-refractivity contribution in [2.24, 2.45) is 5.92 Å². The second kappa shape index (κ2) is 18.0. The molecule has 5 rings (SSSR count). The fourth-order valence-electron chi connectivity index (χ4n) is 6.32. The number of benzene rings is 3. The first-order valence-electron chi connectivity index (χ1n) is 18.4. The zero-order valence-electron chi connectivity index (χ0n) is 31.8. The Hall–Kier alpha value is -5.49. The standard InChI is InChI=1S/C42H52N6O6/c1-41(2,3)54-40(52)46-42(4,5)39(51)44-34(28-53-27-32-17-11-7-12-18-32)37(49)45-35-26-48(29-43-35)36(33-19-13-8-14-20-33)38(50)47-23-21-31(22-24-47)25-30-15-9-6-10-16-30/h6-20,26,29,31,34,36H,21-25,27-28H2,1-5H3,(H,44,51)(H,45,49)(H,46,52). The Balaban J connectivity index is 1.28. The molecule has 54 heavy (non-hydrogen) atoms. The summed E-state index contributed by atoms with van der Waals surface area (Å²) in [4.78, 5) is 60.3. The minimum Gasteiger partial charge on any atom is -0.444 e. The molecule has 0 bridgehead atoms. The highest BCUT2D eigenvalue weighted by Gasteiger charge is 2.35. The number of alkyl carbamates (subject to hydrolysis) is 1. The van der Waals surface area contributed by atoms with Gasteiger partial charge in [-0.05, 0) is 76.5 Å². The third-order valence-corrected chi connectivity index (χ3v) is 9.19. The molecule has 1 aliphatic heterocycles. The number of imidazole rings is 1. The number of ether oxygens (including phenoxy) is 2. The Kier molecular flexibility index (Phi) is 13.3. The second-order valence-electron chi connectivity index (χ2n) is 15.2. The molecular weight excluding hydrogens is 684 g/mol. The van der Waals surface area contributed by atoms with Gasteiger partial charge in [0, 0.05) is 19.3 Å². The Labute approximate surface area is 317 Å². The molecular formula is C42H52N6O6. The predicted octanol–water partition coefficient (Wildman–Crippen LogP) is 5.90. The molecule has 1 saturated heterocycles. The molecule has 2 unspecified atom stereocenters. The van der Waals surface area contributed by atoms with Gasteiger partial charge >= 0.3 is 6.09 Å². The van der Waals surface area contributed by atoms with E-state index in [4.69, 9.17) is 9.47 Å². The molecule has 286 valence electrons. The minimum atomic E-state index is -1.43. The molecule has 3 N–H and O–H groups in total. The van der Waals surface area contributed by atoms with Crippen molar-refractivity contribution in [2.75, 3.05) is 25.0 Å². The predicted molar refractivity (Wildman–Crippen MR) is 206 cm³/mol. The summed E-state index contributed by atoms with van der Waals surface area (Å²) >= 11 is 0. The van der Waals surface area contributed by atoms with Crippen molar-refractivity contribution in [1.82, 2.24) is 25.1 Å². The largest absolute Gasteiger partial charge is 0.444 e. The Morgan fingerprint density at radius 3 is 2.04 bits per heavy atom. The van der Waals surface area contributed by atoms with Crippen molar-refractivity contribution in [1.29, 1.82) is 0 Å². The first-order chi connectivity index (χ1) is 25.8. The van der Waals surface area contributed by atoms with Crippen LogP contribution in [-0.2, 0) is 36.9 Å². The van der Waals surface area contributed by atoms with Crippen LogP contribution in [0.15, 0.2) is 104 Å². The highest BCUT2D eigenvalue weighted by Crippen LogP contribution is 2.27. The van der Waals surface area contributed by atoms with E-state index in [9.17, 15) is 19.2 Å². The van der Waals surface area contributed by atoms with Crippen LogP contribution in [0.1, 0.15) is 70.2 Å². The Morgan fingerprint density at radius 1 is 0.833 bits per heavy atom. The van der Waals surface area contributed by atoms with E-state index in [-0.39, 0.29) is 24.9 Å². The smallest absolute Gasteiger partial charge is 0.408 e. The lowest BCUT2D eigenvalue weighted by atomic mass is 9.89. The van der Waals surface area contributed by atoms with E-state index in [2.05, 4.69) is 45.2 Å². The number of nitrogens with one attached hydrogen (secondary N) is 3. The molecule has 12 heteroatoms. The summed E-state index contributed by atoms with van der Waals surface area (Å²) in [6, 6.07) is 27.5. The van der Waals surface area contributed by atoms with Gasteiger partial charge in [0.05, 0.1) is 19.5 Å². The van der Waals surface area contributed by atoms with Gasteiger partial charge in [-0.3, -0.25) is 14.4 Å². The number of hydrogen-bond donors (Lipinski definition) is 3. The fraction of sp³-hybridized carbons (Fsp3) is 0.405. The van der Waals surface area contributed by atoms with Gasteiger partial charge in [-0.1, -0.05) is 91.0 Å². The quantitative estimate of drug-likeness (QED) is 0.146. The number of hydrogen-bond acceptors (Lipinski definition) is 7. The lowest BCUT2D eigenvalue weighted by Gasteiger charge is -2.34. The average Bonchev–Trinajstić information content (AvgIpc) is 3.59. The number of nitrogens with zero attached hydrogens (tertiary/aromatic N) is 3. The van der Waals surface area contributed by atoms with Crippen LogP contribution in [0, 0.1) is 5.92 Å². The number of aromatic nitrogens is 2. The monoisotopic (exact) mass is 736 g/mol. The van der Waals surface area contributed by atoms with Gasteiger partial charge in [-0.25, -0.2) is 9.78 Å². The second-order valence-corrected chi connectivity index (χ2v) is 15.2. The summed E-state index contributed by atoms with van der Waals surface area (Å²) in [5.41, 5.74) is 0.801. The molecule has 4 aromatic rings. The lowest BCUT2D eigenvalue weighted by molar-refractivity contribution is -0.135. The van der Waals surface area contributed by atoms with E-state index >= 15 is 0 Å². The van der Waals surface area contributed by atoms with Gasteiger partial charge in [-0.15, -0.1) is 0 Å². The van der Waals surface area contributed by atoms with Crippen LogP contribution in [-0.4, -0.2) is 75.1 Å². The summed E-state index contributed by atoms with van der Waals surface area (Å²) in [5.74, 6) is -0.551. The van der Waals surface area contributed by atoms with Crippen LogP contribution in [0.2, 0.25) is 0 Å².